The van der Waals surface area contributed by atoms with Crippen LogP contribution in [0.4, 0.5) is 0 Å². The highest BCUT2D eigenvalue weighted by Crippen LogP contribution is 2.19. The van der Waals surface area contributed by atoms with Gasteiger partial charge in [-0.15, -0.1) is 0 Å². The topological polar surface area (TPSA) is 101 Å². The van der Waals surface area contributed by atoms with E-state index < -0.39 is 0 Å². The van der Waals surface area contributed by atoms with Gasteiger partial charge in [-0.2, -0.15) is 0 Å². The first kappa shape index (κ1) is 14.5. The monoisotopic (exact) mass is 280 g/mol. The van der Waals surface area contributed by atoms with Crippen LogP contribution in [0.2, 0.25) is 0 Å². The minimum absolute atomic E-state index is 0.0401. The summed E-state index contributed by atoms with van der Waals surface area (Å²) >= 11 is 0. The molecule has 1 saturated heterocycles. The summed E-state index contributed by atoms with van der Waals surface area (Å²) in [5, 5.41) is 6.48. The fourth-order valence-corrected chi connectivity index (χ4v) is 2.34. The quantitative estimate of drug-likeness (QED) is 0.802. The molecule has 2 rings (SSSR count). The van der Waals surface area contributed by atoms with Crippen LogP contribution in [0.15, 0.2) is 10.6 Å². The molecule has 1 aliphatic rings. The fourth-order valence-electron chi connectivity index (χ4n) is 2.34. The minimum Gasteiger partial charge on any atom is -0.355 e. The molecule has 2 heterocycles. The molecular weight excluding hydrogens is 260 g/mol. The Hall–Kier alpha value is -1.89. The number of rotatable bonds is 4. The number of carbonyl (C=O) groups is 2. The summed E-state index contributed by atoms with van der Waals surface area (Å²) in [4.78, 5) is 25.8. The van der Waals surface area contributed by atoms with E-state index in [9.17, 15) is 9.59 Å². The average Bonchev–Trinajstić information content (AvgIpc) is 2.90. The van der Waals surface area contributed by atoms with Crippen LogP contribution in [-0.4, -0.2) is 48.0 Å². The van der Waals surface area contributed by atoms with Gasteiger partial charge in [0.15, 0.2) is 0 Å². The van der Waals surface area contributed by atoms with Crippen LogP contribution in [0.3, 0.4) is 0 Å². The van der Waals surface area contributed by atoms with Crippen LogP contribution >= 0.6 is 0 Å². The summed E-state index contributed by atoms with van der Waals surface area (Å²) in [6.07, 6.45) is 1.59. The Morgan fingerprint density at radius 1 is 1.60 bits per heavy atom. The number of nitrogens with two attached hydrogens (primary N) is 1. The van der Waals surface area contributed by atoms with Crippen molar-refractivity contribution in [1.29, 1.82) is 0 Å². The second kappa shape index (κ2) is 6.51. The molecular formula is C13H20N4O3. The number of hydrogen-bond donors (Lipinski definition) is 2. The lowest BCUT2D eigenvalue weighted by atomic mass is 9.97. The first-order valence-corrected chi connectivity index (χ1v) is 6.82. The van der Waals surface area contributed by atoms with Gasteiger partial charge in [-0.05, 0) is 19.8 Å². The van der Waals surface area contributed by atoms with E-state index in [1.807, 2.05) is 0 Å². The smallest absolute Gasteiger partial charge is 0.292 e. The van der Waals surface area contributed by atoms with Gasteiger partial charge < -0.3 is 20.5 Å². The standard InChI is InChI=1S/C13H20N4O3/c1-9-7-11(20-16-9)13(19)17-6-2-3-10(8-17)12(18)15-5-4-14/h7,10H,2-6,8,14H2,1H3,(H,15,18). The van der Waals surface area contributed by atoms with Gasteiger partial charge in [0, 0.05) is 32.2 Å². The van der Waals surface area contributed by atoms with Crippen molar-refractivity contribution in [2.45, 2.75) is 19.8 Å². The molecule has 3 N–H and O–H groups in total. The van der Waals surface area contributed by atoms with Gasteiger partial charge >= 0.3 is 0 Å². The lowest BCUT2D eigenvalue weighted by molar-refractivity contribution is -0.126. The maximum Gasteiger partial charge on any atom is 0.292 e. The molecule has 20 heavy (non-hydrogen) atoms. The summed E-state index contributed by atoms with van der Waals surface area (Å²) in [7, 11) is 0. The van der Waals surface area contributed by atoms with Gasteiger partial charge in [-0.3, -0.25) is 9.59 Å². The molecule has 0 saturated carbocycles. The highest BCUT2D eigenvalue weighted by molar-refractivity contribution is 5.92. The molecule has 0 aromatic carbocycles. The van der Waals surface area contributed by atoms with Crippen molar-refractivity contribution in [2.75, 3.05) is 26.2 Å². The van der Waals surface area contributed by atoms with Gasteiger partial charge in [0.1, 0.15) is 0 Å². The molecule has 0 aliphatic carbocycles. The van der Waals surface area contributed by atoms with Crippen molar-refractivity contribution in [3.63, 3.8) is 0 Å². The number of aromatic nitrogens is 1. The highest BCUT2D eigenvalue weighted by atomic mass is 16.5. The van der Waals surface area contributed by atoms with E-state index in [0.29, 0.717) is 31.9 Å². The summed E-state index contributed by atoms with van der Waals surface area (Å²) in [6.45, 7) is 3.69. The first-order chi connectivity index (χ1) is 9.61. The summed E-state index contributed by atoms with van der Waals surface area (Å²) in [5.74, 6) is -0.197. The zero-order chi connectivity index (χ0) is 14.5. The summed E-state index contributed by atoms with van der Waals surface area (Å²) in [5.41, 5.74) is 6.03. The molecule has 0 bridgehead atoms. The number of amides is 2. The van der Waals surface area contributed by atoms with Crippen LogP contribution in [0.1, 0.15) is 29.1 Å². The molecule has 7 nitrogen and oxygen atoms in total. The van der Waals surface area contributed by atoms with Crippen molar-refractivity contribution in [2.24, 2.45) is 11.7 Å². The number of carbonyl (C=O) groups excluding carboxylic acids is 2. The normalized spacial score (nSPS) is 18.9. The van der Waals surface area contributed by atoms with E-state index in [1.165, 1.54) is 0 Å². The second-order valence-electron chi connectivity index (χ2n) is 5.00. The average molecular weight is 280 g/mol. The van der Waals surface area contributed by atoms with E-state index in [1.54, 1.807) is 17.9 Å². The highest BCUT2D eigenvalue weighted by Gasteiger charge is 2.30. The number of nitrogens with zero attached hydrogens (tertiary/aromatic N) is 2. The maximum atomic E-state index is 12.2. The first-order valence-electron chi connectivity index (χ1n) is 6.82. The van der Waals surface area contributed by atoms with Crippen LogP contribution in [0.5, 0.6) is 0 Å². The molecule has 110 valence electrons. The molecule has 1 atom stereocenters. The van der Waals surface area contributed by atoms with Gasteiger partial charge in [-0.25, -0.2) is 0 Å². The molecule has 2 amide bonds. The van der Waals surface area contributed by atoms with Gasteiger partial charge in [-0.1, -0.05) is 5.16 Å². The molecule has 1 fully saturated rings. The molecule has 1 aliphatic heterocycles. The van der Waals surface area contributed by atoms with Gasteiger partial charge in [0.25, 0.3) is 5.91 Å². The van der Waals surface area contributed by atoms with Crippen molar-refractivity contribution in [3.8, 4) is 0 Å². The van der Waals surface area contributed by atoms with E-state index in [0.717, 1.165) is 12.8 Å². The molecule has 0 spiro atoms. The molecule has 1 aromatic rings. The Morgan fingerprint density at radius 2 is 2.40 bits per heavy atom. The number of aryl methyl sites for hydroxylation is 1. The lowest BCUT2D eigenvalue weighted by Gasteiger charge is -2.31. The number of piperidine rings is 1. The summed E-state index contributed by atoms with van der Waals surface area (Å²) in [6, 6.07) is 1.61. The Balaban J connectivity index is 1.96. The van der Waals surface area contributed by atoms with E-state index in [-0.39, 0.29) is 23.5 Å². The fraction of sp³-hybridized carbons (Fsp3) is 0.615. The molecule has 1 aromatic heterocycles. The number of nitrogens with one attached hydrogen (secondary N) is 1. The largest absolute Gasteiger partial charge is 0.355 e. The van der Waals surface area contributed by atoms with Gasteiger partial charge in [0.05, 0.1) is 11.6 Å². The van der Waals surface area contributed by atoms with Crippen molar-refractivity contribution in [1.82, 2.24) is 15.4 Å². The molecule has 7 heteroatoms. The SMILES string of the molecule is Cc1cc(C(=O)N2CCCC(C(=O)NCCN)C2)on1. The zero-order valence-electron chi connectivity index (χ0n) is 11.6. The Bertz CT molecular complexity index is 486. The van der Waals surface area contributed by atoms with Crippen molar-refractivity contribution >= 4 is 11.8 Å². The van der Waals surface area contributed by atoms with E-state index in [2.05, 4.69) is 10.5 Å². The second-order valence-corrected chi connectivity index (χ2v) is 5.00. The number of likely N-dealkylation sites (tertiary alicyclic amines) is 1. The van der Waals surface area contributed by atoms with E-state index in [4.69, 9.17) is 10.3 Å². The minimum atomic E-state index is -0.207. The van der Waals surface area contributed by atoms with Crippen molar-refractivity contribution < 1.29 is 14.1 Å². The Morgan fingerprint density at radius 3 is 3.05 bits per heavy atom. The summed E-state index contributed by atoms with van der Waals surface area (Å²) < 4.78 is 4.98. The third-order valence-electron chi connectivity index (χ3n) is 3.36. The molecule has 1 unspecified atom stereocenters. The maximum absolute atomic E-state index is 12.2. The third-order valence-corrected chi connectivity index (χ3v) is 3.36. The zero-order valence-corrected chi connectivity index (χ0v) is 11.6. The van der Waals surface area contributed by atoms with Crippen LogP contribution in [0, 0.1) is 12.8 Å². The number of hydrogen-bond acceptors (Lipinski definition) is 5. The van der Waals surface area contributed by atoms with E-state index >= 15 is 0 Å². The Labute approximate surface area is 117 Å². The molecule has 0 radical (unpaired) electrons. The van der Waals surface area contributed by atoms with Crippen LogP contribution < -0.4 is 11.1 Å². The predicted molar refractivity (Wildman–Crippen MR) is 71.9 cm³/mol. The van der Waals surface area contributed by atoms with Crippen molar-refractivity contribution in [3.05, 3.63) is 17.5 Å². The third kappa shape index (κ3) is 3.36. The Kier molecular flexibility index (Phi) is 4.73. The van der Waals surface area contributed by atoms with Crippen LogP contribution in [-0.2, 0) is 4.79 Å². The van der Waals surface area contributed by atoms with Crippen LogP contribution in [0.25, 0.3) is 0 Å². The lowest BCUT2D eigenvalue weighted by Crippen LogP contribution is -2.46. The predicted octanol–water partition coefficient (Wildman–Crippen LogP) is -0.0899. The van der Waals surface area contributed by atoms with Gasteiger partial charge in [0.2, 0.25) is 11.7 Å².